The third kappa shape index (κ3) is 3.21. The van der Waals surface area contributed by atoms with Gasteiger partial charge in [-0.05, 0) is 6.92 Å². The van der Waals surface area contributed by atoms with Gasteiger partial charge in [-0.15, -0.1) is 11.3 Å². The molecule has 2 aromatic rings. The third-order valence-electron chi connectivity index (χ3n) is 2.56. The number of hydrogen-bond donors (Lipinski definition) is 2. The van der Waals surface area contributed by atoms with Crippen LogP contribution in [0.3, 0.4) is 0 Å². The molecule has 0 aliphatic carbocycles. The van der Waals surface area contributed by atoms with Crippen LogP contribution in [0.25, 0.3) is 0 Å². The van der Waals surface area contributed by atoms with Crippen LogP contribution in [0, 0.1) is 0 Å². The molecule has 2 aromatic heterocycles. The largest absolute Gasteiger partial charge is 0.382 e. The Morgan fingerprint density at radius 2 is 2.37 bits per heavy atom. The number of nitrogens with zero attached hydrogens (tertiary/aromatic N) is 3. The molecule has 0 aromatic carbocycles. The van der Waals surface area contributed by atoms with Crippen LogP contribution in [0.15, 0.2) is 10.9 Å². The maximum absolute atomic E-state index is 12.0. The van der Waals surface area contributed by atoms with Crippen molar-refractivity contribution in [2.24, 2.45) is 0 Å². The molecule has 3 N–H and O–H groups in total. The molecule has 0 bridgehead atoms. The summed E-state index contributed by atoms with van der Waals surface area (Å²) in [5, 5.41) is 5.43. The molecule has 0 saturated heterocycles. The second kappa shape index (κ2) is 5.98. The molecule has 0 saturated carbocycles. The number of amides is 1. The van der Waals surface area contributed by atoms with Crippen molar-refractivity contribution in [2.75, 3.05) is 24.2 Å². The van der Waals surface area contributed by atoms with E-state index >= 15 is 0 Å². The summed E-state index contributed by atoms with van der Waals surface area (Å²) >= 11 is 2.80. The van der Waals surface area contributed by atoms with Gasteiger partial charge in [-0.2, -0.15) is 0 Å². The number of rotatable bonds is 5. The highest BCUT2D eigenvalue weighted by Crippen LogP contribution is 2.27. The van der Waals surface area contributed by atoms with Crippen molar-refractivity contribution in [3.63, 3.8) is 0 Å². The summed E-state index contributed by atoms with van der Waals surface area (Å²) in [5.74, 6) is 0.0647. The van der Waals surface area contributed by atoms with Gasteiger partial charge in [0.05, 0.1) is 17.7 Å². The summed E-state index contributed by atoms with van der Waals surface area (Å²) < 4.78 is 0. The Bertz CT molecular complexity index is 551. The van der Waals surface area contributed by atoms with Crippen LogP contribution in [0.4, 0.5) is 10.9 Å². The van der Waals surface area contributed by atoms with E-state index in [9.17, 15) is 4.79 Å². The molecule has 0 aliphatic heterocycles. The van der Waals surface area contributed by atoms with Crippen molar-refractivity contribution in [1.29, 1.82) is 0 Å². The van der Waals surface area contributed by atoms with Gasteiger partial charge in [-0.1, -0.05) is 11.3 Å². The molecule has 8 heteroatoms. The molecule has 2 heterocycles. The molecular weight excluding hydrogens is 282 g/mol. The Morgan fingerprint density at radius 3 is 3.00 bits per heavy atom. The Labute approximate surface area is 119 Å². The van der Waals surface area contributed by atoms with Gasteiger partial charge in [0, 0.05) is 19.0 Å². The number of nitrogens with two attached hydrogens (primary N) is 1. The molecule has 0 spiro atoms. The molecule has 19 heavy (non-hydrogen) atoms. The minimum absolute atomic E-state index is 0.209. The SMILES string of the molecule is CCN(C)c1nc(N)c(C(=O)NCc2cscn2)s1. The summed E-state index contributed by atoms with van der Waals surface area (Å²) in [6.07, 6.45) is 0. The summed E-state index contributed by atoms with van der Waals surface area (Å²) in [4.78, 5) is 22.7. The van der Waals surface area contributed by atoms with Gasteiger partial charge >= 0.3 is 0 Å². The Balaban J connectivity index is 2.04. The number of aromatic nitrogens is 2. The Morgan fingerprint density at radius 1 is 1.58 bits per heavy atom. The number of thiazole rings is 2. The van der Waals surface area contributed by atoms with Gasteiger partial charge in [0.2, 0.25) is 0 Å². The van der Waals surface area contributed by atoms with E-state index in [1.165, 1.54) is 22.7 Å². The lowest BCUT2D eigenvalue weighted by molar-refractivity contribution is 0.0955. The van der Waals surface area contributed by atoms with E-state index in [2.05, 4.69) is 15.3 Å². The second-order valence-electron chi connectivity index (χ2n) is 3.89. The highest BCUT2D eigenvalue weighted by atomic mass is 32.1. The van der Waals surface area contributed by atoms with E-state index in [-0.39, 0.29) is 11.7 Å². The van der Waals surface area contributed by atoms with Crippen LogP contribution in [-0.2, 0) is 6.54 Å². The molecule has 0 unspecified atom stereocenters. The number of carbonyl (C=O) groups excluding carboxylic acids is 1. The first-order valence-electron chi connectivity index (χ1n) is 5.74. The molecule has 0 radical (unpaired) electrons. The summed E-state index contributed by atoms with van der Waals surface area (Å²) in [7, 11) is 1.91. The van der Waals surface area contributed by atoms with E-state index in [0.717, 1.165) is 17.4 Å². The lowest BCUT2D eigenvalue weighted by Gasteiger charge is -2.10. The highest BCUT2D eigenvalue weighted by Gasteiger charge is 2.17. The molecule has 2 rings (SSSR count). The van der Waals surface area contributed by atoms with Gasteiger partial charge in [0.25, 0.3) is 5.91 Å². The fourth-order valence-corrected chi connectivity index (χ4v) is 2.84. The van der Waals surface area contributed by atoms with E-state index in [1.807, 2.05) is 24.3 Å². The minimum atomic E-state index is -0.209. The van der Waals surface area contributed by atoms with E-state index in [0.29, 0.717) is 11.4 Å². The van der Waals surface area contributed by atoms with Crippen molar-refractivity contribution < 1.29 is 4.79 Å². The zero-order chi connectivity index (χ0) is 13.8. The standard InChI is InChI=1S/C11H15N5OS2/c1-3-16(2)11-15-9(12)8(19-11)10(17)13-4-7-5-18-6-14-7/h5-6H,3-4,12H2,1-2H3,(H,13,17). The van der Waals surface area contributed by atoms with Crippen molar-refractivity contribution in [2.45, 2.75) is 13.5 Å². The zero-order valence-electron chi connectivity index (χ0n) is 10.7. The average molecular weight is 297 g/mol. The van der Waals surface area contributed by atoms with Gasteiger partial charge in [0.15, 0.2) is 5.13 Å². The maximum Gasteiger partial charge on any atom is 0.265 e. The van der Waals surface area contributed by atoms with Crippen LogP contribution in [0.2, 0.25) is 0 Å². The highest BCUT2D eigenvalue weighted by molar-refractivity contribution is 7.18. The Hall–Kier alpha value is -1.67. The minimum Gasteiger partial charge on any atom is -0.382 e. The van der Waals surface area contributed by atoms with Crippen LogP contribution in [0.1, 0.15) is 22.3 Å². The van der Waals surface area contributed by atoms with Gasteiger partial charge < -0.3 is 16.0 Å². The molecule has 6 nitrogen and oxygen atoms in total. The fraction of sp³-hybridized carbons (Fsp3) is 0.364. The summed E-state index contributed by atoms with van der Waals surface area (Å²) in [6.45, 7) is 3.23. The van der Waals surface area contributed by atoms with Crippen LogP contribution in [-0.4, -0.2) is 29.5 Å². The van der Waals surface area contributed by atoms with Gasteiger partial charge in [0.1, 0.15) is 10.7 Å². The first-order chi connectivity index (χ1) is 9.11. The van der Waals surface area contributed by atoms with Crippen LogP contribution >= 0.6 is 22.7 Å². The topological polar surface area (TPSA) is 84.1 Å². The second-order valence-corrected chi connectivity index (χ2v) is 5.58. The molecule has 0 atom stereocenters. The van der Waals surface area contributed by atoms with Crippen molar-refractivity contribution >= 4 is 39.5 Å². The molecule has 1 amide bonds. The fourth-order valence-electron chi connectivity index (χ4n) is 1.36. The number of anilines is 2. The van der Waals surface area contributed by atoms with E-state index in [4.69, 9.17) is 5.73 Å². The predicted molar refractivity (Wildman–Crippen MR) is 78.8 cm³/mol. The first kappa shape index (κ1) is 13.8. The summed E-state index contributed by atoms with van der Waals surface area (Å²) in [6, 6.07) is 0. The third-order valence-corrected chi connectivity index (χ3v) is 4.38. The van der Waals surface area contributed by atoms with Gasteiger partial charge in [-0.25, -0.2) is 9.97 Å². The lowest BCUT2D eigenvalue weighted by atomic mass is 10.4. The molecule has 0 aliphatic rings. The maximum atomic E-state index is 12.0. The quantitative estimate of drug-likeness (QED) is 0.875. The smallest absolute Gasteiger partial charge is 0.265 e. The molecular formula is C11H15N5OS2. The average Bonchev–Trinajstić information content (AvgIpc) is 3.04. The number of hydrogen-bond acceptors (Lipinski definition) is 7. The first-order valence-corrected chi connectivity index (χ1v) is 7.50. The van der Waals surface area contributed by atoms with E-state index < -0.39 is 0 Å². The van der Waals surface area contributed by atoms with Crippen LogP contribution < -0.4 is 16.0 Å². The van der Waals surface area contributed by atoms with Gasteiger partial charge in [-0.3, -0.25) is 4.79 Å². The van der Waals surface area contributed by atoms with Crippen LogP contribution in [0.5, 0.6) is 0 Å². The number of nitrogen functional groups attached to an aromatic ring is 1. The van der Waals surface area contributed by atoms with E-state index in [1.54, 1.807) is 5.51 Å². The zero-order valence-corrected chi connectivity index (χ0v) is 12.3. The molecule has 102 valence electrons. The van der Waals surface area contributed by atoms with Crippen molar-refractivity contribution in [3.05, 3.63) is 21.5 Å². The summed E-state index contributed by atoms with van der Waals surface area (Å²) in [5.41, 5.74) is 8.36. The van der Waals surface area contributed by atoms with Crippen molar-refractivity contribution in [3.8, 4) is 0 Å². The number of carbonyl (C=O) groups is 1. The predicted octanol–water partition coefficient (Wildman–Crippen LogP) is 1.57. The number of nitrogens with one attached hydrogen (secondary N) is 1. The van der Waals surface area contributed by atoms with Crippen molar-refractivity contribution in [1.82, 2.24) is 15.3 Å². The lowest BCUT2D eigenvalue weighted by Crippen LogP contribution is -2.22. The monoisotopic (exact) mass is 297 g/mol. The molecule has 0 fully saturated rings. The normalized spacial score (nSPS) is 10.4. The Kier molecular flexibility index (Phi) is 4.33.